The van der Waals surface area contributed by atoms with Gasteiger partial charge in [-0.1, -0.05) is 18.2 Å². The van der Waals surface area contributed by atoms with Crippen LogP contribution in [0, 0.1) is 5.82 Å². The van der Waals surface area contributed by atoms with Crippen LogP contribution in [0.5, 0.6) is 0 Å². The van der Waals surface area contributed by atoms with Gasteiger partial charge in [-0.25, -0.2) is 4.39 Å². The van der Waals surface area contributed by atoms with Crippen molar-refractivity contribution in [3.8, 4) is 11.1 Å². The summed E-state index contributed by atoms with van der Waals surface area (Å²) in [7, 11) is 1.83. The van der Waals surface area contributed by atoms with Crippen molar-refractivity contribution in [3.05, 3.63) is 54.1 Å². The van der Waals surface area contributed by atoms with Gasteiger partial charge in [0.05, 0.1) is 0 Å². The summed E-state index contributed by atoms with van der Waals surface area (Å²) in [5.41, 5.74) is 2.00. The molecule has 21 heavy (non-hydrogen) atoms. The monoisotopic (exact) mass is 284 g/mol. The maximum absolute atomic E-state index is 13.2. The number of rotatable bonds is 3. The molecule has 1 amide bonds. The minimum Gasteiger partial charge on any atom is -0.337 e. The lowest BCUT2D eigenvalue weighted by molar-refractivity contribution is 0.0646. The number of carbonyl (C=O) groups excluding carboxylic acids is 1. The predicted octanol–water partition coefficient (Wildman–Crippen LogP) is 3.51. The first-order valence-corrected chi connectivity index (χ1v) is 7.14. The van der Waals surface area contributed by atoms with E-state index in [0.717, 1.165) is 24.0 Å². The fraction of sp³-hybridized carbons (Fsp3) is 0.294. The zero-order chi connectivity index (χ0) is 14.8. The number of hydrogen-bond donors (Lipinski definition) is 0. The van der Waals surface area contributed by atoms with Crippen LogP contribution in [-0.4, -0.2) is 28.9 Å². The lowest BCUT2D eigenvalue weighted by Crippen LogP contribution is -2.41. The van der Waals surface area contributed by atoms with Crippen molar-refractivity contribution in [2.75, 3.05) is 7.05 Å². The molecule has 1 fully saturated rings. The number of nitrogens with zero attached hydrogens (tertiary/aromatic N) is 2. The lowest BCUT2D eigenvalue weighted by Gasteiger charge is -2.34. The number of hydrogen-bond acceptors (Lipinski definition) is 2. The van der Waals surface area contributed by atoms with Crippen LogP contribution in [0.1, 0.15) is 29.8 Å². The zero-order valence-electron chi connectivity index (χ0n) is 11.9. The van der Waals surface area contributed by atoms with Gasteiger partial charge in [-0.05, 0) is 43.0 Å². The second kappa shape index (κ2) is 5.64. The summed E-state index contributed by atoms with van der Waals surface area (Å²) < 4.78 is 13.2. The molecule has 0 aliphatic heterocycles. The van der Waals surface area contributed by atoms with Gasteiger partial charge in [0.2, 0.25) is 0 Å². The Morgan fingerprint density at radius 1 is 1.24 bits per heavy atom. The summed E-state index contributed by atoms with van der Waals surface area (Å²) in [4.78, 5) is 18.3. The molecule has 3 rings (SSSR count). The van der Waals surface area contributed by atoms with E-state index in [2.05, 4.69) is 4.98 Å². The number of halogens is 1. The SMILES string of the molecule is CN(C(=O)c1ccc(-c2cccc(F)c2)cn1)C1CCC1. The third-order valence-corrected chi connectivity index (χ3v) is 4.08. The van der Waals surface area contributed by atoms with E-state index < -0.39 is 0 Å². The molecule has 1 aliphatic carbocycles. The quantitative estimate of drug-likeness (QED) is 0.864. The van der Waals surface area contributed by atoms with Crippen molar-refractivity contribution in [3.63, 3.8) is 0 Å². The van der Waals surface area contributed by atoms with Crippen molar-refractivity contribution in [2.45, 2.75) is 25.3 Å². The minimum absolute atomic E-state index is 0.0505. The molecule has 108 valence electrons. The Morgan fingerprint density at radius 3 is 2.62 bits per heavy atom. The van der Waals surface area contributed by atoms with Crippen LogP contribution in [0.2, 0.25) is 0 Å². The second-order valence-electron chi connectivity index (χ2n) is 5.44. The zero-order valence-corrected chi connectivity index (χ0v) is 11.9. The van der Waals surface area contributed by atoms with Gasteiger partial charge in [0.15, 0.2) is 0 Å². The van der Waals surface area contributed by atoms with E-state index in [1.807, 2.05) is 19.2 Å². The standard InChI is InChI=1S/C17H17FN2O/c1-20(15-6-3-7-15)17(21)16-9-8-13(11-19-16)12-4-2-5-14(18)10-12/h2,4-5,8-11,15H,3,6-7H2,1H3. The third-order valence-electron chi connectivity index (χ3n) is 4.08. The van der Waals surface area contributed by atoms with Gasteiger partial charge in [-0.2, -0.15) is 0 Å². The topological polar surface area (TPSA) is 33.2 Å². The van der Waals surface area contributed by atoms with Gasteiger partial charge >= 0.3 is 0 Å². The van der Waals surface area contributed by atoms with Crippen LogP contribution in [0.15, 0.2) is 42.6 Å². The van der Waals surface area contributed by atoms with E-state index in [4.69, 9.17) is 0 Å². The smallest absolute Gasteiger partial charge is 0.272 e. The van der Waals surface area contributed by atoms with Gasteiger partial charge in [0.1, 0.15) is 11.5 Å². The summed E-state index contributed by atoms with van der Waals surface area (Å²) in [5.74, 6) is -0.331. The van der Waals surface area contributed by atoms with Crippen LogP contribution >= 0.6 is 0 Å². The maximum atomic E-state index is 13.2. The summed E-state index contributed by atoms with van der Waals surface area (Å²) in [6, 6.07) is 10.2. The Hall–Kier alpha value is -2.23. The van der Waals surface area contributed by atoms with E-state index in [9.17, 15) is 9.18 Å². The Kier molecular flexibility index (Phi) is 3.69. The van der Waals surface area contributed by atoms with Gasteiger partial charge in [0.25, 0.3) is 5.91 Å². The number of benzene rings is 1. The summed E-state index contributed by atoms with van der Waals surface area (Å²) in [6.45, 7) is 0. The molecule has 0 saturated heterocycles. The number of amides is 1. The molecule has 0 N–H and O–H groups in total. The average Bonchev–Trinajstić information content (AvgIpc) is 2.45. The Bertz CT molecular complexity index is 650. The van der Waals surface area contributed by atoms with Crippen LogP contribution in [0.3, 0.4) is 0 Å². The number of carbonyl (C=O) groups is 1. The van der Waals surface area contributed by atoms with Crippen molar-refractivity contribution in [2.24, 2.45) is 0 Å². The molecule has 0 bridgehead atoms. The van der Waals surface area contributed by atoms with Crippen LogP contribution in [0.25, 0.3) is 11.1 Å². The molecule has 1 aromatic heterocycles. The summed E-state index contributed by atoms with van der Waals surface area (Å²) in [5, 5.41) is 0. The van der Waals surface area contributed by atoms with Gasteiger partial charge in [-0.3, -0.25) is 9.78 Å². The average molecular weight is 284 g/mol. The van der Waals surface area contributed by atoms with Crippen molar-refractivity contribution in [1.82, 2.24) is 9.88 Å². The number of aromatic nitrogens is 1. The third kappa shape index (κ3) is 2.79. The Balaban J connectivity index is 1.79. The first-order chi connectivity index (χ1) is 10.1. The second-order valence-corrected chi connectivity index (χ2v) is 5.44. The van der Waals surface area contributed by atoms with Gasteiger partial charge in [0, 0.05) is 24.8 Å². The summed E-state index contributed by atoms with van der Waals surface area (Å²) >= 11 is 0. The van der Waals surface area contributed by atoms with E-state index in [1.54, 1.807) is 23.2 Å². The minimum atomic E-state index is -0.280. The molecular weight excluding hydrogens is 267 g/mol. The molecule has 3 nitrogen and oxygen atoms in total. The maximum Gasteiger partial charge on any atom is 0.272 e. The number of pyridine rings is 1. The molecule has 4 heteroatoms. The van der Waals surface area contributed by atoms with Crippen molar-refractivity contribution in [1.29, 1.82) is 0 Å². The normalized spacial score (nSPS) is 14.6. The van der Waals surface area contributed by atoms with E-state index >= 15 is 0 Å². The summed E-state index contributed by atoms with van der Waals surface area (Å²) in [6.07, 6.45) is 4.96. The highest BCUT2D eigenvalue weighted by molar-refractivity contribution is 5.92. The molecule has 0 spiro atoms. The van der Waals surface area contributed by atoms with Crippen LogP contribution in [-0.2, 0) is 0 Å². The van der Waals surface area contributed by atoms with Crippen molar-refractivity contribution >= 4 is 5.91 Å². The molecule has 0 atom stereocenters. The van der Waals surface area contributed by atoms with Crippen molar-refractivity contribution < 1.29 is 9.18 Å². The molecule has 1 saturated carbocycles. The first-order valence-electron chi connectivity index (χ1n) is 7.14. The molecule has 1 aromatic carbocycles. The Labute approximate surface area is 123 Å². The fourth-order valence-electron chi connectivity index (χ4n) is 2.48. The highest BCUT2D eigenvalue weighted by Crippen LogP contribution is 2.25. The molecule has 1 heterocycles. The Morgan fingerprint density at radius 2 is 2.05 bits per heavy atom. The van der Waals surface area contributed by atoms with E-state index in [-0.39, 0.29) is 11.7 Å². The molecule has 0 radical (unpaired) electrons. The fourth-order valence-corrected chi connectivity index (χ4v) is 2.48. The predicted molar refractivity (Wildman–Crippen MR) is 79.4 cm³/mol. The van der Waals surface area contributed by atoms with Gasteiger partial charge in [-0.15, -0.1) is 0 Å². The first kappa shape index (κ1) is 13.7. The molecular formula is C17H17FN2O. The molecule has 2 aromatic rings. The van der Waals surface area contributed by atoms with E-state index in [1.165, 1.54) is 18.6 Å². The highest BCUT2D eigenvalue weighted by Gasteiger charge is 2.26. The van der Waals surface area contributed by atoms with E-state index in [0.29, 0.717) is 11.7 Å². The van der Waals surface area contributed by atoms with Gasteiger partial charge < -0.3 is 4.90 Å². The van der Waals surface area contributed by atoms with Crippen LogP contribution in [0.4, 0.5) is 4.39 Å². The van der Waals surface area contributed by atoms with Crippen LogP contribution < -0.4 is 0 Å². The molecule has 1 aliphatic rings. The highest BCUT2D eigenvalue weighted by atomic mass is 19.1. The largest absolute Gasteiger partial charge is 0.337 e. The molecule has 0 unspecified atom stereocenters. The lowest BCUT2D eigenvalue weighted by atomic mass is 9.91.